The van der Waals surface area contributed by atoms with Crippen LogP contribution in [0, 0.1) is 5.92 Å². The largest absolute Gasteiger partial charge is 0.314 e. The highest BCUT2D eigenvalue weighted by atomic mass is 15.3. The van der Waals surface area contributed by atoms with Crippen LogP contribution < -0.4 is 5.32 Å². The average molecular weight is 287 g/mol. The topological polar surface area (TPSA) is 29.9 Å². The van der Waals surface area contributed by atoms with Crippen LogP contribution >= 0.6 is 0 Å². The van der Waals surface area contributed by atoms with Gasteiger partial charge in [0.05, 0.1) is 11.2 Å². The van der Waals surface area contributed by atoms with Gasteiger partial charge in [-0.05, 0) is 44.7 Å². The molecule has 0 spiro atoms. The third-order valence-corrected chi connectivity index (χ3v) is 4.01. The molecule has 0 aliphatic carbocycles. The molecular weight excluding hydrogens is 258 g/mol. The summed E-state index contributed by atoms with van der Waals surface area (Å²) in [5.74, 6) is 0.735. The number of rotatable bonds is 8. The Kier molecular flexibility index (Phi) is 5.80. The third-order valence-electron chi connectivity index (χ3n) is 4.01. The van der Waals surface area contributed by atoms with Crippen molar-refractivity contribution in [3.63, 3.8) is 0 Å². The first-order chi connectivity index (χ1) is 10.2. The maximum absolute atomic E-state index is 4.81. The summed E-state index contributed by atoms with van der Waals surface area (Å²) < 4.78 is 2.12. The summed E-state index contributed by atoms with van der Waals surface area (Å²) in [5.41, 5.74) is 2.51. The predicted octanol–water partition coefficient (Wildman–Crippen LogP) is 4.01. The molecule has 3 nitrogen and oxygen atoms in total. The minimum absolute atomic E-state index is 0.598. The van der Waals surface area contributed by atoms with Gasteiger partial charge in [-0.2, -0.15) is 5.10 Å². The highest BCUT2D eigenvalue weighted by Gasteiger charge is 2.13. The van der Waals surface area contributed by atoms with Crippen LogP contribution in [0.3, 0.4) is 0 Å². The van der Waals surface area contributed by atoms with Crippen molar-refractivity contribution in [1.29, 1.82) is 0 Å². The predicted molar refractivity (Wildman–Crippen MR) is 90.6 cm³/mol. The van der Waals surface area contributed by atoms with Gasteiger partial charge in [-0.1, -0.05) is 39.0 Å². The van der Waals surface area contributed by atoms with Gasteiger partial charge in [0.2, 0.25) is 0 Å². The van der Waals surface area contributed by atoms with Gasteiger partial charge in [-0.25, -0.2) is 0 Å². The lowest BCUT2D eigenvalue weighted by Gasteiger charge is -2.19. The van der Waals surface area contributed by atoms with E-state index < -0.39 is 0 Å². The molecule has 116 valence electrons. The Labute approximate surface area is 128 Å². The monoisotopic (exact) mass is 287 g/mol. The van der Waals surface area contributed by atoms with Gasteiger partial charge < -0.3 is 5.32 Å². The Morgan fingerprint density at radius 2 is 1.95 bits per heavy atom. The van der Waals surface area contributed by atoms with E-state index in [4.69, 9.17) is 5.10 Å². The molecule has 1 heterocycles. The fraction of sp³-hybridized carbons (Fsp3) is 0.611. The maximum Gasteiger partial charge on any atom is 0.0703 e. The van der Waals surface area contributed by atoms with Crippen molar-refractivity contribution in [1.82, 2.24) is 15.1 Å². The Bertz CT molecular complexity index is 557. The van der Waals surface area contributed by atoms with Gasteiger partial charge in [0.25, 0.3) is 0 Å². The fourth-order valence-electron chi connectivity index (χ4n) is 3.09. The number of nitrogens with one attached hydrogen (secondary N) is 1. The van der Waals surface area contributed by atoms with Crippen molar-refractivity contribution >= 4 is 10.9 Å². The zero-order valence-corrected chi connectivity index (χ0v) is 13.9. The van der Waals surface area contributed by atoms with E-state index in [1.807, 2.05) is 0 Å². The minimum Gasteiger partial charge on any atom is -0.314 e. The quantitative estimate of drug-likeness (QED) is 0.795. The lowest BCUT2D eigenvalue weighted by atomic mass is 9.98. The zero-order chi connectivity index (χ0) is 15.2. The molecule has 2 aromatic rings. The molecule has 0 amide bonds. The molecule has 2 rings (SSSR count). The van der Waals surface area contributed by atoms with Crippen LogP contribution in [0.1, 0.15) is 46.2 Å². The third kappa shape index (κ3) is 4.07. The van der Waals surface area contributed by atoms with Gasteiger partial charge in [0.1, 0.15) is 0 Å². The maximum atomic E-state index is 4.81. The van der Waals surface area contributed by atoms with E-state index in [1.54, 1.807) is 0 Å². The number of para-hydroxylation sites is 1. The summed E-state index contributed by atoms with van der Waals surface area (Å²) in [7, 11) is 0. The van der Waals surface area contributed by atoms with Crippen LogP contribution in [0.4, 0.5) is 0 Å². The van der Waals surface area contributed by atoms with Crippen molar-refractivity contribution in [2.45, 2.75) is 59.5 Å². The number of hydrogen-bond acceptors (Lipinski definition) is 2. The number of hydrogen-bond donors (Lipinski definition) is 1. The van der Waals surface area contributed by atoms with Crippen LogP contribution in [0.2, 0.25) is 0 Å². The molecule has 0 saturated heterocycles. The molecule has 1 atom stereocenters. The Balaban J connectivity index is 2.11. The van der Waals surface area contributed by atoms with Gasteiger partial charge in [-0.3, -0.25) is 4.68 Å². The van der Waals surface area contributed by atoms with E-state index in [-0.39, 0.29) is 0 Å². The Morgan fingerprint density at radius 3 is 2.62 bits per heavy atom. The molecule has 0 saturated carbocycles. The van der Waals surface area contributed by atoms with Crippen molar-refractivity contribution in [2.24, 2.45) is 5.92 Å². The molecule has 0 bridgehead atoms. The van der Waals surface area contributed by atoms with E-state index in [9.17, 15) is 0 Å². The number of fused-ring (bicyclic) bond motifs is 1. The number of nitrogens with zero attached hydrogens (tertiary/aromatic N) is 2. The van der Waals surface area contributed by atoms with Gasteiger partial charge in [-0.15, -0.1) is 0 Å². The van der Waals surface area contributed by atoms with Crippen LogP contribution in [-0.4, -0.2) is 22.4 Å². The van der Waals surface area contributed by atoms with Gasteiger partial charge in [0, 0.05) is 18.0 Å². The molecular formula is C18H29N3. The average Bonchev–Trinajstić information content (AvgIpc) is 2.83. The molecule has 0 aliphatic heterocycles. The van der Waals surface area contributed by atoms with Crippen LogP contribution in [0.15, 0.2) is 24.3 Å². The molecule has 1 N–H and O–H groups in total. The molecule has 0 aliphatic rings. The summed E-state index contributed by atoms with van der Waals surface area (Å²) in [4.78, 5) is 0. The summed E-state index contributed by atoms with van der Waals surface area (Å²) in [6.07, 6.45) is 3.45. The highest BCUT2D eigenvalue weighted by Crippen LogP contribution is 2.21. The van der Waals surface area contributed by atoms with Gasteiger partial charge in [0.15, 0.2) is 0 Å². The first-order valence-electron chi connectivity index (χ1n) is 8.33. The molecule has 1 unspecified atom stereocenters. The molecule has 1 aromatic carbocycles. The molecule has 1 aromatic heterocycles. The van der Waals surface area contributed by atoms with Crippen LogP contribution in [0.5, 0.6) is 0 Å². The normalized spacial score (nSPS) is 13.2. The standard InChI is InChI=1S/C18H29N3/c1-5-19-15(13-14(3)4)11-12-17-16-9-7-8-10-18(16)21(6-2)20-17/h7-10,14-15,19H,5-6,11-13H2,1-4H3. The lowest BCUT2D eigenvalue weighted by Crippen LogP contribution is -2.30. The SMILES string of the molecule is CCNC(CCc1nn(CC)c2ccccc12)CC(C)C. The molecule has 21 heavy (non-hydrogen) atoms. The minimum atomic E-state index is 0.598. The van der Waals surface area contributed by atoms with E-state index in [2.05, 4.69) is 62.0 Å². The summed E-state index contributed by atoms with van der Waals surface area (Å²) >= 11 is 0. The zero-order valence-electron chi connectivity index (χ0n) is 13.9. The number of aromatic nitrogens is 2. The van der Waals surface area contributed by atoms with E-state index in [0.29, 0.717) is 6.04 Å². The van der Waals surface area contributed by atoms with E-state index >= 15 is 0 Å². The van der Waals surface area contributed by atoms with Crippen molar-refractivity contribution in [2.75, 3.05) is 6.54 Å². The second-order valence-corrected chi connectivity index (χ2v) is 6.20. The Hall–Kier alpha value is -1.35. The van der Waals surface area contributed by atoms with Crippen LogP contribution in [0.25, 0.3) is 10.9 Å². The van der Waals surface area contributed by atoms with Crippen molar-refractivity contribution in [3.05, 3.63) is 30.0 Å². The number of aryl methyl sites for hydroxylation is 2. The second kappa shape index (κ2) is 7.60. The smallest absolute Gasteiger partial charge is 0.0703 e. The highest BCUT2D eigenvalue weighted by molar-refractivity contribution is 5.81. The lowest BCUT2D eigenvalue weighted by molar-refractivity contribution is 0.404. The molecule has 0 radical (unpaired) electrons. The molecule has 0 fully saturated rings. The fourth-order valence-corrected chi connectivity index (χ4v) is 3.09. The number of benzene rings is 1. The van der Waals surface area contributed by atoms with E-state index in [1.165, 1.54) is 23.0 Å². The second-order valence-electron chi connectivity index (χ2n) is 6.20. The molecule has 3 heteroatoms. The van der Waals surface area contributed by atoms with Crippen LogP contribution in [-0.2, 0) is 13.0 Å². The van der Waals surface area contributed by atoms with E-state index in [0.717, 1.165) is 31.8 Å². The van der Waals surface area contributed by atoms with Crippen molar-refractivity contribution in [3.8, 4) is 0 Å². The summed E-state index contributed by atoms with van der Waals surface area (Å²) in [6, 6.07) is 9.18. The van der Waals surface area contributed by atoms with Gasteiger partial charge >= 0.3 is 0 Å². The first-order valence-corrected chi connectivity index (χ1v) is 8.33. The summed E-state index contributed by atoms with van der Waals surface area (Å²) in [6.45, 7) is 10.9. The first kappa shape index (κ1) is 16.0. The summed E-state index contributed by atoms with van der Waals surface area (Å²) in [5, 5.41) is 9.75. The Morgan fingerprint density at radius 1 is 1.19 bits per heavy atom. The van der Waals surface area contributed by atoms with Crippen molar-refractivity contribution < 1.29 is 0 Å².